The SMILES string of the molecule is CNC(=O)CCCCC(=O)OC. The van der Waals surface area contributed by atoms with Crippen LogP contribution in [0, 0.1) is 0 Å². The van der Waals surface area contributed by atoms with E-state index in [0.29, 0.717) is 19.3 Å². The van der Waals surface area contributed by atoms with Gasteiger partial charge in [0, 0.05) is 19.9 Å². The average molecular weight is 173 g/mol. The highest BCUT2D eigenvalue weighted by Crippen LogP contribution is 2.00. The summed E-state index contributed by atoms with van der Waals surface area (Å²) in [5, 5.41) is 2.51. The lowest BCUT2D eigenvalue weighted by molar-refractivity contribution is -0.140. The maximum absolute atomic E-state index is 10.7. The lowest BCUT2D eigenvalue weighted by Gasteiger charge is -1.99. The van der Waals surface area contributed by atoms with Crippen molar-refractivity contribution >= 4 is 11.9 Å². The Kier molecular flexibility index (Phi) is 6.05. The molecule has 0 atom stereocenters. The van der Waals surface area contributed by atoms with E-state index in [1.54, 1.807) is 7.05 Å². The zero-order valence-corrected chi connectivity index (χ0v) is 7.55. The van der Waals surface area contributed by atoms with Crippen molar-refractivity contribution in [2.24, 2.45) is 0 Å². The van der Waals surface area contributed by atoms with Gasteiger partial charge in [0.05, 0.1) is 7.11 Å². The van der Waals surface area contributed by atoms with Crippen LogP contribution in [0.2, 0.25) is 0 Å². The predicted molar refractivity (Wildman–Crippen MR) is 44.6 cm³/mol. The van der Waals surface area contributed by atoms with Crippen LogP contribution in [0.25, 0.3) is 0 Å². The third kappa shape index (κ3) is 5.70. The Hall–Kier alpha value is -1.06. The molecule has 0 aliphatic carbocycles. The number of carbonyl (C=O) groups excluding carboxylic acids is 2. The quantitative estimate of drug-likeness (QED) is 0.485. The molecule has 0 aliphatic rings. The molecule has 0 aromatic heterocycles. The number of hydrogen-bond donors (Lipinski definition) is 1. The van der Waals surface area contributed by atoms with Gasteiger partial charge in [0.15, 0.2) is 0 Å². The molecule has 70 valence electrons. The van der Waals surface area contributed by atoms with Crippen molar-refractivity contribution in [1.82, 2.24) is 5.32 Å². The maximum atomic E-state index is 10.7. The molecule has 0 bridgehead atoms. The summed E-state index contributed by atoms with van der Waals surface area (Å²) in [5.74, 6) is -0.202. The Morgan fingerprint density at radius 2 is 1.83 bits per heavy atom. The lowest BCUT2D eigenvalue weighted by Crippen LogP contribution is -2.17. The van der Waals surface area contributed by atoms with Crippen LogP contribution in [0.15, 0.2) is 0 Å². The van der Waals surface area contributed by atoms with Gasteiger partial charge in [-0.05, 0) is 12.8 Å². The third-order valence-electron chi connectivity index (χ3n) is 1.54. The fourth-order valence-electron chi connectivity index (χ4n) is 0.782. The molecule has 4 heteroatoms. The number of hydrogen-bond acceptors (Lipinski definition) is 3. The Bertz CT molecular complexity index is 138. The second kappa shape index (κ2) is 6.64. The van der Waals surface area contributed by atoms with Gasteiger partial charge in [-0.15, -0.1) is 0 Å². The molecule has 0 heterocycles. The number of amides is 1. The van der Waals surface area contributed by atoms with Crippen LogP contribution >= 0.6 is 0 Å². The minimum Gasteiger partial charge on any atom is -0.469 e. The normalized spacial score (nSPS) is 9.17. The third-order valence-corrected chi connectivity index (χ3v) is 1.54. The largest absolute Gasteiger partial charge is 0.469 e. The van der Waals surface area contributed by atoms with E-state index in [9.17, 15) is 9.59 Å². The summed E-state index contributed by atoms with van der Waals surface area (Å²) >= 11 is 0. The van der Waals surface area contributed by atoms with E-state index in [0.717, 1.165) is 6.42 Å². The summed E-state index contributed by atoms with van der Waals surface area (Å²) in [6, 6.07) is 0. The molecule has 4 nitrogen and oxygen atoms in total. The van der Waals surface area contributed by atoms with E-state index in [2.05, 4.69) is 10.1 Å². The van der Waals surface area contributed by atoms with Gasteiger partial charge in [0.2, 0.25) is 5.91 Å². The maximum Gasteiger partial charge on any atom is 0.305 e. The van der Waals surface area contributed by atoms with E-state index >= 15 is 0 Å². The minimum absolute atomic E-state index is 0.0138. The molecule has 0 aliphatic heterocycles. The van der Waals surface area contributed by atoms with Gasteiger partial charge in [-0.25, -0.2) is 0 Å². The highest BCUT2D eigenvalue weighted by atomic mass is 16.5. The van der Waals surface area contributed by atoms with Crippen LogP contribution in [0.3, 0.4) is 0 Å². The van der Waals surface area contributed by atoms with E-state index in [1.807, 2.05) is 0 Å². The van der Waals surface area contributed by atoms with Crippen molar-refractivity contribution in [1.29, 1.82) is 0 Å². The molecule has 0 unspecified atom stereocenters. The Morgan fingerprint density at radius 3 is 2.33 bits per heavy atom. The molecule has 0 spiro atoms. The molecule has 0 fully saturated rings. The monoisotopic (exact) mass is 173 g/mol. The number of ether oxygens (including phenoxy) is 1. The first kappa shape index (κ1) is 10.9. The van der Waals surface area contributed by atoms with E-state index < -0.39 is 0 Å². The molecule has 0 saturated heterocycles. The van der Waals surface area contributed by atoms with E-state index in [-0.39, 0.29) is 11.9 Å². The summed E-state index contributed by atoms with van der Waals surface area (Å²) in [5.41, 5.74) is 0. The minimum atomic E-state index is -0.216. The number of unbranched alkanes of at least 4 members (excludes halogenated alkanes) is 1. The Morgan fingerprint density at radius 1 is 1.25 bits per heavy atom. The van der Waals surface area contributed by atoms with Crippen molar-refractivity contribution in [2.75, 3.05) is 14.2 Å². The first-order valence-corrected chi connectivity index (χ1v) is 3.98. The average Bonchev–Trinajstić information content (AvgIpc) is 2.11. The molecule has 0 saturated carbocycles. The molecule has 0 aromatic rings. The number of rotatable bonds is 5. The van der Waals surface area contributed by atoms with Gasteiger partial charge in [0.1, 0.15) is 0 Å². The van der Waals surface area contributed by atoms with Crippen LogP contribution in [0.5, 0.6) is 0 Å². The zero-order valence-electron chi connectivity index (χ0n) is 7.55. The van der Waals surface area contributed by atoms with Crippen LogP contribution in [0.4, 0.5) is 0 Å². The number of nitrogens with one attached hydrogen (secondary N) is 1. The molecule has 0 aromatic carbocycles. The molecular weight excluding hydrogens is 158 g/mol. The molecule has 1 amide bonds. The van der Waals surface area contributed by atoms with Crippen molar-refractivity contribution in [3.05, 3.63) is 0 Å². The predicted octanol–water partition coefficient (Wildman–Crippen LogP) is 0.466. The molecule has 0 rings (SSSR count). The Balaban J connectivity index is 3.21. The number of esters is 1. The van der Waals surface area contributed by atoms with E-state index in [4.69, 9.17) is 0 Å². The number of methoxy groups -OCH3 is 1. The standard InChI is InChI=1S/C8H15NO3/c1-9-7(10)5-3-4-6-8(11)12-2/h3-6H2,1-2H3,(H,9,10). The molecule has 12 heavy (non-hydrogen) atoms. The van der Waals surface area contributed by atoms with Gasteiger partial charge >= 0.3 is 5.97 Å². The van der Waals surface area contributed by atoms with Gasteiger partial charge in [-0.2, -0.15) is 0 Å². The Labute approximate surface area is 72.3 Å². The fourth-order valence-corrected chi connectivity index (χ4v) is 0.782. The van der Waals surface area contributed by atoms with Crippen molar-refractivity contribution in [2.45, 2.75) is 25.7 Å². The second-order valence-corrected chi connectivity index (χ2v) is 2.46. The van der Waals surface area contributed by atoms with Crippen molar-refractivity contribution in [3.63, 3.8) is 0 Å². The smallest absolute Gasteiger partial charge is 0.305 e. The molecule has 1 N–H and O–H groups in total. The van der Waals surface area contributed by atoms with Crippen LogP contribution in [-0.4, -0.2) is 26.0 Å². The number of carbonyl (C=O) groups is 2. The van der Waals surface area contributed by atoms with Crippen LogP contribution in [-0.2, 0) is 14.3 Å². The summed E-state index contributed by atoms with van der Waals surface area (Å²) < 4.78 is 4.44. The molecular formula is C8H15NO3. The van der Waals surface area contributed by atoms with Gasteiger partial charge < -0.3 is 10.1 Å². The van der Waals surface area contributed by atoms with Gasteiger partial charge in [-0.1, -0.05) is 0 Å². The summed E-state index contributed by atoms with van der Waals surface area (Å²) in [6.07, 6.45) is 2.32. The highest BCUT2D eigenvalue weighted by Gasteiger charge is 2.01. The van der Waals surface area contributed by atoms with E-state index in [1.165, 1.54) is 7.11 Å². The summed E-state index contributed by atoms with van der Waals surface area (Å²) in [6.45, 7) is 0. The van der Waals surface area contributed by atoms with Gasteiger partial charge in [-0.3, -0.25) is 9.59 Å². The van der Waals surface area contributed by atoms with Crippen molar-refractivity contribution in [3.8, 4) is 0 Å². The van der Waals surface area contributed by atoms with Crippen molar-refractivity contribution < 1.29 is 14.3 Å². The summed E-state index contributed by atoms with van der Waals surface area (Å²) in [4.78, 5) is 21.3. The molecule has 0 radical (unpaired) electrons. The summed E-state index contributed by atoms with van der Waals surface area (Å²) in [7, 11) is 2.96. The topological polar surface area (TPSA) is 55.4 Å². The zero-order chi connectivity index (χ0) is 9.40. The lowest BCUT2D eigenvalue weighted by atomic mass is 10.2. The highest BCUT2D eigenvalue weighted by molar-refractivity contribution is 5.75. The van der Waals surface area contributed by atoms with Crippen LogP contribution < -0.4 is 5.32 Å². The first-order chi connectivity index (χ1) is 5.70. The van der Waals surface area contributed by atoms with Gasteiger partial charge in [0.25, 0.3) is 0 Å². The van der Waals surface area contributed by atoms with Crippen LogP contribution in [0.1, 0.15) is 25.7 Å². The second-order valence-electron chi connectivity index (χ2n) is 2.46. The fraction of sp³-hybridized carbons (Fsp3) is 0.750. The first-order valence-electron chi connectivity index (χ1n) is 3.98.